The standard InChI is InChI=1S/2C19H27NO3.Ca/c2*1-13(2)15-8-10-16(11-9-15)18(21)20-17(19(22)23)12-14-6-4-3-5-7-14;/h2*3-7,13,15-17H,8-12H2,1-2H3,(H,20,21)(H,22,23);/q;;+2/p-2/t2*15?,16?,17-;/m11./s1. The molecule has 2 atom stereocenters. The summed E-state index contributed by atoms with van der Waals surface area (Å²) in [7, 11) is 0. The third-order valence-corrected chi connectivity index (χ3v) is 9.94. The predicted octanol–water partition coefficient (Wildman–Crippen LogP) is 3.47. The Bertz CT molecular complexity index is 1140. The van der Waals surface area contributed by atoms with Gasteiger partial charge < -0.3 is 30.4 Å². The van der Waals surface area contributed by atoms with Crippen molar-refractivity contribution in [1.82, 2.24) is 10.6 Å². The van der Waals surface area contributed by atoms with Crippen molar-refractivity contribution in [2.24, 2.45) is 35.5 Å². The molecule has 0 aliphatic heterocycles. The van der Waals surface area contributed by atoms with E-state index in [1.54, 1.807) is 0 Å². The molecule has 252 valence electrons. The molecule has 2 aromatic rings. The summed E-state index contributed by atoms with van der Waals surface area (Å²) in [6.07, 6.45) is 8.09. The quantitative estimate of drug-likeness (QED) is 0.331. The van der Waals surface area contributed by atoms with Crippen molar-refractivity contribution in [1.29, 1.82) is 0 Å². The SMILES string of the molecule is CC(C)C1CCC(C(=O)N[C@H](Cc2ccccc2)C(=O)[O-])CC1.CC(C)C1CCC(C(=O)N[C@H](Cc2ccccc2)C(=O)[O-])CC1.[Ca+2]. The van der Waals surface area contributed by atoms with Gasteiger partial charge in [0, 0.05) is 11.8 Å². The number of hydrogen-bond donors (Lipinski definition) is 2. The number of nitrogens with one attached hydrogen (secondary N) is 2. The summed E-state index contributed by atoms with van der Waals surface area (Å²) in [5.74, 6) is -0.210. The number of carboxylic acid groups (broad SMARTS) is 2. The fraction of sp³-hybridized carbons (Fsp3) is 0.579. The minimum Gasteiger partial charge on any atom is -0.548 e. The molecule has 2 aliphatic rings. The van der Waals surface area contributed by atoms with E-state index >= 15 is 0 Å². The van der Waals surface area contributed by atoms with Crippen LogP contribution in [-0.4, -0.2) is 73.6 Å². The molecule has 2 N–H and O–H groups in total. The topological polar surface area (TPSA) is 138 Å². The average molecular weight is 673 g/mol. The Labute approximate surface area is 310 Å². The van der Waals surface area contributed by atoms with E-state index in [0.29, 0.717) is 23.7 Å². The molecular formula is C38H52CaN2O6. The van der Waals surface area contributed by atoms with Crippen LogP contribution in [0.25, 0.3) is 0 Å². The van der Waals surface area contributed by atoms with Crippen LogP contribution < -0.4 is 20.8 Å². The number of carbonyl (C=O) groups excluding carboxylic acids is 4. The molecule has 2 fully saturated rings. The van der Waals surface area contributed by atoms with Crippen LogP contribution in [0.4, 0.5) is 0 Å². The molecule has 9 heteroatoms. The average Bonchev–Trinajstić information content (AvgIpc) is 3.05. The molecule has 8 nitrogen and oxygen atoms in total. The monoisotopic (exact) mass is 672 g/mol. The zero-order valence-electron chi connectivity index (χ0n) is 28.6. The van der Waals surface area contributed by atoms with Crippen LogP contribution in [0.1, 0.15) is 90.2 Å². The molecule has 0 spiro atoms. The first kappa shape index (κ1) is 40.8. The number of benzene rings is 2. The maximum atomic E-state index is 12.4. The van der Waals surface area contributed by atoms with Gasteiger partial charge in [0.15, 0.2) is 0 Å². The van der Waals surface area contributed by atoms with Crippen molar-refractivity contribution in [3.63, 3.8) is 0 Å². The van der Waals surface area contributed by atoms with Gasteiger partial charge in [-0.2, -0.15) is 0 Å². The number of hydrogen-bond acceptors (Lipinski definition) is 6. The molecule has 2 aromatic carbocycles. The third kappa shape index (κ3) is 13.9. The van der Waals surface area contributed by atoms with E-state index < -0.39 is 24.0 Å². The summed E-state index contributed by atoms with van der Waals surface area (Å²) in [6, 6.07) is 16.7. The first-order chi connectivity index (χ1) is 21.9. The summed E-state index contributed by atoms with van der Waals surface area (Å²) < 4.78 is 0. The van der Waals surface area contributed by atoms with Crippen LogP contribution >= 0.6 is 0 Å². The van der Waals surface area contributed by atoms with Gasteiger partial charge in [-0.15, -0.1) is 0 Å². The molecule has 47 heavy (non-hydrogen) atoms. The van der Waals surface area contributed by atoms with Gasteiger partial charge in [0.25, 0.3) is 0 Å². The van der Waals surface area contributed by atoms with Crippen LogP contribution in [0.5, 0.6) is 0 Å². The summed E-state index contributed by atoms with van der Waals surface area (Å²) in [6.45, 7) is 8.88. The molecule has 0 bridgehead atoms. The number of carbonyl (C=O) groups is 4. The maximum absolute atomic E-state index is 12.4. The fourth-order valence-electron chi connectivity index (χ4n) is 6.76. The zero-order valence-corrected chi connectivity index (χ0v) is 30.8. The molecular weight excluding hydrogens is 621 g/mol. The normalized spacial score (nSPS) is 22.1. The van der Waals surface area contributed by atoms with Crippen molar-refractivity contribution in [3.8, 4) is 0 Å². The largest absolute Gasteiger partial charge is 2.00 e. The molecule has 2 amide bonds. The second kappa shape index (κ2) is 20.8. The van der Waals surface area contributed by atoms with E-state index in [2.05, 4.69) is 38.3 Å². The van der Waals surface area contributed by atoms with Gasteiger partial charge in [-0.25, -0.2) is 0 Å². The van der Waals surface area contributed by atoms with E-state index in [4.69, 9.17) is 0 Å². The van der Waals surface area contributed by atoms with Crippen LogP contribution in [0.3, 0.4) is 0 Å². The third-order valence-electron chi connectivity index (χ3n) is 9.94. The van der Waals surface area contributed by atoms with Crippen LogP contribution in [0, 0.1) is 35.5 Å². The number of rotatable bonds is 12. The van der Waals surface area contributed by atoms with Crippen molar-refractivity contribution in [2.75, 3.05) is 0 Å². The van der Waals surface area contributed by atoms with E-state index in [9.17, 15) is 29.4 Å². The number of carboxylic acids is 2. The first-order valence-electron chi connectivity index (χ1n) is 17.0. The first-order valence-corrected chi connectivity index (χ1v) is 17.0. The van der Waals surface area contributed by atoms with E-state index in [1.165, 1.54) is 0 Å². The van der Waals surface area contributed by atoms with Gasteiger partial charge in [-0.1, -0.05) is 88.4 Å². The van der Waals surface area contributed by atoms with Gasteiger partial charge in [0.1, 0.15) is 0 Å². The summed E-state index contributed by atoms with van der Waals surface area (Å²) >= 11 is 0. The Hall–Kier alpha value is -2.42. The zero-order chi connectivity index (χ0) is 33.6. The number of aliphatic carboxylic acids is 2. The van der Waals surface area contributed by atoms with Crippen molar-refractivity contribution in [3.05, 3.63) is 71.8 Å². The Morgan fingerprint density at radius 3 is 1.13 bits per heavy atom. The Kier molecular flexibility index (Phi) is 18.1. The minimum atomic E-state index is -1.22. The smallest absolute Gasteiger partial charge is 0.548 e. The van der Waals surface area contributed by atoms with Crippen LogP contribution in [-0.2, 0) is 32.0 Å². The van der Waals surface area contributed by atoms with Crippen LogP contribution in [0.15, 0.2) is 60.7 Å². The minimum absolute atomic E-state index is 0. The molecule has 2 saturated carbocycles. The van der Waals surface area contributed by atoms with E-state index in [0.717, 1.165) is 62.5 Å². The molecule has 4 rings (SSSR count). The molecule has 2 aliphatic carbocycles. The van der Waals surface area contributed by atoms with E-state index in [-0.39, 0.29) is 74.2 Å². The van der Waals surface area contributed by atoms with Crippen molar-refractivity contribution < 1.29 is 29.4 Å². The number of amides is 2. The van der Waals surface area contributed by atoms with Gasteiger partial charge in [-0.05, 0) is 99.0 Å². The van der Waals surface area contributed by atoms with Gasteiger partial charge in [0.05, 0.1) is 24.0 Å². The van der Waals surface area contributed by atoms with Gasteiger partial charge in [-0.3, -0.25) is 9.59 Å². The molecule has 0 unspecified atom stereocenters. The molecule has 0 aromatic heterocycles. The summed E-state index contributed by atoms with van der Waals surface area (Å²) in [4.78, 5) is 47.4. The van der Waals surface area contributed by atoms with Crippen LogP contribution in [0.2, 0.25) is 0 Å². The van der Waals surface area contributed by atoms with Crippen molar-refractivity contribution >= 4 is 61.5 Å². The second-order valence-corrected chi connectivity index (χ2v) is 13.9. The fourth-order valence-corrected chi connectivity index (χ4v) is 6.76. The van der Waals surface area contributed by atoms with Gasteiger partial charge >= 0.3 is 37.7 Å². The van der Waals surface area contributed by atoms with Crippen molar-refractivity contribution in [2.45, 2.75) is 104 Å². The molecule has 0 radical (unpaired) electrons. The predicted molar refractivity (Wildman–Crippen MR) is 180 cm³/mol. The Balaban J connectivity index is 0.000000320. The second-order valence-electron chi connectivity index (χ2n) is 13.9. The maximum Gasteiger partial charge on any atom is 2.00 e. The summed E-state index contributed by atoms with van der Waals surface area (Å²) in [5.41, 5.74) is 1.76. The Morgan fingerprint density at radius 2 is 0.872 bits per heavy atom. The van der Waals surface area contributed by atoms with E-state index in [1.807, 2.05) is 60.7 Å². The molecule has 0 saturated heterocycles. The molecule has 0 heterocycles. The Morgan fingerprint density at radius 1 is 0.574 bits per heavy atom. The van der Waals surface area contributed by atoms with Gasteiger partial charge in [0.2, 0.25) is 11.8 Å². The summed E-state index contributed by atoms with van der Waals surface area (Å²) in [5, 5.41) is 28.0.